The minimum Gasteiger partial charge on any atom is -0.477 e. The number of carboxylic acids is 1. The quantitative estimate of drug-likeness (QED) is 0.791. The molecule has 0 radical (unpaired) electrons. The van der Waals surface area contributed by atoms with Crippen LogP contribution < -0.4 is 0 Å². The van der Waals surface area contributed by atoms with E-state index in [2.05, 4.69) is 4.98 Å². The molecule has 18 heavy (non-hydrogen) atoms. The average molecular weight is 250 g/mol. The number of rotatable bonds is 2. The maximum Gasteiger partial charge on any atom is 0.354 e. The lowest BCUT2D eigenvalue weighted by Gasteiger charge is -2.30. The van der Waals surface area contributed by atoms with Gasteiger partial charge < -0.3 is 15.1 Å². The molecule has 0 aromatic carbocycles. The van der Waals surface area contributed by atoms with E-state index < -0.39 is 12.1 Å². The largest absolute Gasteiger partial charge is 0.477 e. The van der Waals surface area contributed by atoms with Crippen LogP contribution in [0.3, 0.4) is 0 Å². The van der Waals surface area contributed by atoms with Gasteiger partial charge in [0.1, 0.15) is 5.69 Å². The summed E-state index contributed by atoms with van der Waals surface area (Å²) in [5.74, 6) is -1.43. The van der Waals surface area contributed by atoms with Crippen LogP contribution in [0.2, 0.25) is 0 Å². The van der Waals surface area contributed by atoms with E-state index in [0.717, 1.165) is 6.42 Å². The number of likely N-dealkylation sites (tertiary alicyclic amines) is 1. The third-order valence-corrected chi connectivity index (χ3v) is 2.91. The third-order valence-electron chi connectivity index (χ3n) is 2.91. The van der Waals surface area contributed by atoms with Crippen molar-refractivity contribution in [2.24, 2.45) is 0 Å². The fraction of sp³-hybridized carbons (Fsp3) is 0.417. The first-order valence-corrected chi connectivity index (χ1v) is 5.74. The molecule has 1 saturated heterocycles. The number of carbonyl (C=O) groups is 2. The van der Waals surface area contributed by atoms with E-state index in [9.17, 15) is 14.7 Å². The van der Waals surface area contributed by atoms with Crippen LogP contribution in [-0.2, 0) is 0 Å². The lowest BCUT2D eigenvalue weighted by molar-refractivity contribution is 0.0473. The minimum atomic E-state index is -1.16. The predicted octanol–water partition coefficient (Wildman–Crippen LogP) is 0.377. The molecule has 1 atom stereocenters. The molecule has 0 saturated carbocycles. The molecule has 2 N–H and O–H groups in total. The molecule has 0 aliphatic carbocycles. The highest BCUT2D eigenvalue weighted by Crippen LogP contribution is 2.14. The fourth-order valence-electron chi connectivity index (χ4n) is 2.00. The number of carbonyl (C=O) groups excluding carboxylic acids is 1. The first kappa shape index (κ1) is 12.5. The number of nitrogens with zero attached hydrogens (tertiary/aromatic N) is 2. The van der Waals surface area contributed by atoms with Gasteiger partial charge in [-0.05, 0) is 25.0 Å². The Morgan fingerprint density at radius 2 is 2.22 bits per heavy atom. The molecule has 1 fully saturated rings. The minimum absolute atomic E-state index is 0.154. The number of hydrogen-bond donors (Lipinski definition) is 2. The summed E-state index contributed by atoms with van der Waals surface area (Å²) in [6, 6.07) is 2.74. The normalized spacial score (nSPS) is 19.6. The number of amides is 1. The van der Waals surface area contributed by atoms with Crippen molar-refractivity contribution in [3.05, 3.63) is 29.6 Å². The zero-order valence-electron chi connectivity index (χ0n) is 9.74. The summed E-state index contributed by atoms with van der Waals surface area (Å²) >= 11 is 0. The molecule has 1 unspecified atom stereocenters. The van der Waals surface area contributed by atoms with Crippen LogP contribution in [0.1, 0.15) is 33.7 Å². The highest BCUT2D eigenvalue weighted by Gasteiger charge is 2.23. The lowest BCUT2D eigenvalue weighted by atomic mass is 10.1. The van der Waals surface area contributed by atoms with Gasteiger partial charge in [0.15, 0.2) is 0 Å². The summed E-state index contributed by atoms with van der Waals surface area (Å²) in [5.41, 5.74) is 0.134. The van der Waals surface area contributed by atoms with Gasteiger partial charge in [0, 0.05) is 24.8 Å². The smallest absolute Gasteiger partial charge is 0.354 e. The van der Waals surface area contributed by atoms with Gasteiger partial charge in [-0.15, -0.1) is 0 Å². The van der Waals surface area contributed by atoms with Crippen LogP contribution >= 0.6 is 0 Å². The number of carboxylic acid groups (broad SMARTS) is 1. The highest BCUT2D eigenvalue weighted by molar-refractivity contribution is 5.96. The maximum atomic E-state index is 12.1. The number of piperidine rings is 1. The number of aliphatic hydroxyl groups excluding tert-OH is 1. The Labute approximate surface area is 104 Å². The summed E-state index contributed by atoms with van der Waals surface area (Å²) in [4.78, 5) is 28.1. The SMILES string of the molecule is O=C(O)c1cc(C(=O)N2CCCC(O)C2)ccn1. The number of aliphatic hydroxyl groups is 1. The molecule has 1 aliphatic heterocycles. The Bertz CT molecular complexity index is 475. The van der Waals surface area contributed by atoms with Crippen molar-refractivity contribution < 1.29 is 19.8 Å². The molecule has 0 bridgehead atoms. The van der Waals surface area contributed by atoms with E-state index in [0.29, 0.717) is 19.5 Å². The van der Waals surface area contributed by atoms with Crippen molar-refractivity contribution in [2.45, 2.75) is 18.9 Å². The molecule has 6 nitrogen and oxygen atoms in total. The van der Waals surface area contributed by atoms with Gasteiger partial charge in [-0.2, -0.15) is 0 Å². The number of β-amino-alcohol motifs (C(OH)–C–C–N with tert-alkyl or cyclic N) is 1. The molecule has 6 heteroatoms. The average Bonchev–Trinajstić information content (AvgIpc) is 2.38. The first-order valence-electron chi connectivity index (χ1n) is 5.74. The van der Waals surface area contributed by atoms with Crippen molar-refractivity contribution in [1.82, 2.24) is 9.88 Å². The number of pyridine rings is 1. The molecule has 2 heterocycles. The lowest BCUT2D eigenvalue weighted by Crippen LogP contribution is -2.42. The molecule has 1 amide bonds. The van der Waals surface area contributed by atoms with Crippen LogP contribution in [-0.4, -0.2) is 51.2 Å². The third kappa shape index (κ3) is 2.65. The van der Waals surface area contributed by atoms with E-state index in [-0.39, 0.29) is 17.2 Å². The summed E-state index contributed by atoms with van der Waals surface area (Å²) < 4.78 is 0. The second kappa shape index (κ2) is 5.14. The summed E-state index contributed by atoms with van der Waals surface area (Å²) in [7, 11) is 0. The van der Waals surface area contributed by atoms with Crippen LogP contribution in [0.25, 0.3) is 0 Å². The van der Waals surface area contributed by atoms with E-state index in [1.165, 1.54) is 23.2 Å². The molecular weight excluding hydrogens is 236 g/mol. The molecule has 2 rings (SSSR count). The van der Waals surface area contributed by atoms with Gasteiger partial charge >= 0.3 is 5.97 Å². The van der Waals surface area contributed by atoms with E-state index in [1.54, 1.807) is 0 Å². The first-order chi connectivity index (χ1) is 8.58. The number of hydrogen-bond acceptors (Lipinski definition) is 4. The van der Waals surface area contributed by atoms with E-state index >= 15 is 0 Å². The summed E-state index contributed by atoms with van der Waals surface area (Å²) in [6.45, 7) is 0.879. The molecule has 1 aromatic heterocycles. The van der Waals surface area contributed by atoms with Crippen molar-refractivity contribution in [2.75, 3.05) is 13.1 Å². The topological polar surface area (TPSA) is 90.7 Å². The van der Waals surface area contributed by atoms with Crippen LogP contribution in [0.5, 0.6) is 0 Å². The highest BCUT2D eigenvalue weighted by atomic mass is 16.4. The Kier molecular flexibility index (Phi) is 3.57. The second-order valence-corrected chi connectivity index (χ2v) is 4.28. The zero-order chi connectivity index (χ0) is 13.1. The van der Waals surface area contributed by atoms with Crippen LogP contribution in [0, 0.1) is 0 Å². The van der Waals surface area contributed by atoms with Crippen LogP contribution in [0.15, 0.2) is 18.3 Å². The van der Waals surface area contributed by atoms with Crippen LogP contribution in [0.4, 0.5) is 0 Å². The fourth-order valence-corrected chi connectivity index (χ4v) is 2.00. The summed E-state index contributed by atoms with van der Waals surface area (Å²) in [5, 5.41) is 18.3. The monoisotopic (exact) mass is 250 g/mol. The predicted molar refractivity (Wildman–Crippen MR) is 62.3 cm³/mol. The molecule has 1 aromatic rings. The zero-order valence-corrected chi connectivity index (χ0v) is 9.74. The number of aromatic carboxylic acids is 1. The molecule has 96 valence electrons. The van der Waals surface area contributed by atoms with Crippen molar-refractivity contribution >= 4 is 11.9 Å². The summed E-state index contributed by atoms with van der Waals surface area (Å²) in [6.07, 6.45) is 2.25. The van der Waals surface area contributed by atoms with Gasteiger partial charge in [-0.25, -0.2) is 9.78 Å². The Balaban J connectivity index is 2.17. The van der Waals surface area contributed by atoms with E-state index in [1.807, 2.05) is 0 Å². The molecule has 1 aliphatic rings. The van der Waals surface area contributed by atoms with Gasteiger partial charge in [0.05, 0.1) is 6.10 Å². The molecular formula is C12H14N2O4. The van der Waals surface area contributed by atoms with Gasteiger partial charge in [-0.3, -0.25) is 4.79 Å². The van der Waals surface area contributed by atoms with Crippen molar-refractivity contribution in [1.29, 1.82) is 0 Å². The second-order valence-electron chi connectivity index (χ2n) is 4.28. The Hall–Kier alpha value is -1.95. The Morgan fingerprint density at radius 1 is 1.44 bits per heavy atom. The van der Waals surface area contributed by atoms with E-state index in [4.69, 9.17) is 5.11 Å². The maximum absolute atomic E-state index is 12.1. The van der Waals surface area contributed by atoms with Crippen molar-refractivity contribution in [3.8, 4) is 0 Å². The van der Waals surface area contributed by atoms with Crippen molar-refractivity contribution in [3.63, 3.8) is 0 Å². The Morgan fingerprint density at radius 3 is 2.89 bits per heavy atom. The number of aromatic nitrogens is 1. The molecule has 0 spiro atoms. The van der Waals surface area contributed by atoms with Gasteiger partial charge in [-0.1, -0.05) is 0 Å². The van der Waals surface area contributed by atoms with Gasteiger partial charge in [0.25, 0.3) is 5.91 Å². The van der Waals surface area contributed by atoms with Gasteiger partial charge in [0.2, 0.25) is 0 Å². The standard InChI is InChI=1S/C12H14N2O4/c15-9-2-1-5-14(7-9)11(16)8-3-4-13-10(6-8)12(17)18/h3-4,6,9,15H,1-2,5,7H2,(H,17,18).